The van der Waals surface area contributed by atoms with Crippen LogP contribution in [0.3, 0.4) is 0 Å². The number of imide groups is 1. The zero-order chi connectivity index (χ0) is 48.1. The number of para-hydroxylation sites is 1. The number of hydrogen-bond donors (Lipinski definition) is 4. The van der Waals surface area contributed by atoms with Gasteiger partial charge in [0, 0.05) is 88.2 Å². The molecule has 16 nitrogen and oxygen atoms in total. The Morgan fingerprint density at radius 2 is 1.58 bits per heavy atom. The first-order valence-corrected chi connectivity index (χ1v) is 24.2. The number of aromatic nitrogens is 2. The second-order valence-electron chi connectivity index (χ2n) is 19.1. The molecule has 3 saturated heterocycles. The Kier molecular flexibility index (Phi) is 12.7. The molecule has 10 rings (SSSR count). The topological polar surface area (TPSA) is 179 Å². The van der Waals surface area contributed by atoms with Gasteiger partial charge in [-0.25, -0.2) is 14.6 Å². The molecule has 69 heavy (non-hydrogen) atoms. The Labute approximate surface area is 399 Å². The van der Waals surface area contributed by atoms with Crippen LogP contribution in [0.2, 0.25) is 0 Å². The van der Waals surface area contributed by atoms with Crippen molar-refractivity contribution in [2.45, 2.75) is 101 Å². The van der Waals surface area contributed by atoms with E-state index in [0.29, 0.717) is 59.5 Å². The average molecular weight is 940 g/mol. The van der Waals surface area contributed by atoms with Gasteiger partial charge in [0.1, 0.15) is 17.9 Å². The number of nitrogens with zero attached hydrogens (tertiary/aromatic N) is 5. The molecule has 4 aliphatic heterocycles. The molecular formula is C52H58FN9O7. The van der Waals surface area contributed by atoms with E-state index in [4.69, 9.17) is 4.74 Å². The third kappa shape index (κ3) is 8.83. The fourth-order valence-corrected chi connectivity index (χ4v) is 11.3. The lowest BCUT2D eigenvalue weighted by Gasteiger charge is -2.36. The van der Waals surface area contributed by atoms with Crippen molar-refractivity contribution in [3.8, 4) is 11.1 Å². The van der Waals surface area contributed by atoms with Gasteiger partial charge in [0.15, 0.2) is 0 Å². The number of rotatable bonds is 11. The molecule has 1 aliphatic carbocycles. The number of ether oxygens (including phenoxy) is 1. The normalized spacial score (nSPS) is 22.3. The number of imidazole rings is 1. The summed E-state index contributed by atoms with van der Waals surface area (Å²) in [4.78, 5) is 81.4. The van der Waals surface area contributed by atoms with Crippen molar-refractivity contribution >= 4 is 57.6 Å². The minimum absolute atomic E-state index is 0.0692. The van der Waals surface area contributed by atoms with Gasteiger partial charge in [-0.15, -0.1) is 0 Å². The van der Waals surface area contributed by atoms with Crippen LogP contribution in [0, 0.1) is 5.82 Å². The van der Waals surface area contributed by atoms with Crippen molar-refractivity contribution < 1.29 is 33.1 Å². The lowest BCUT2D eigenvalue weighted by Crippen LogP contribution is -2.44. The van der Waals surface area contributed by atoms with E-state index < -0.39 is 29.7 Å². The second kappa shape index (κ2) is 19.0. The first kappa shape index (κ1) is 46.1. The lowest BCUT2D eigenvalue weighted by molar-refractivity contribution is -0.135. The molecule has 0 radical (unpaired) electrons. The molecule has 5 amide bonds. The first-order valence-electron chi connectivity index (χ1n) is 24.2. The van der Waals surface area contributed by atoms with Crippen LogP contribution in [-0.4, -0.2) is 89.5 Å². The van der Waals surface area contributed by atoms with Crippen LogP contribution in [0.4, 0.5) is 21.5 Å². The van der Waals surface area contributed by atoms with Gasteiger partial charge in [-0.1, -0.05) is 24.3 Å². The van der Waals surface area contributed by atoms with Gasteiger partial charge in [-0.2, -0.15) is 0 Å². The van der Waals surface area contributed by atoms with Crippen molar-refractivity contribution in [1.29, 1.82) is 0 Å². The zero-order valence-electron chi connectivity index (χ0n) is 39.2. The molecule has 360 valence electrons. The predicted octanol–water partition coefficient (Wildman–Crippen LogP) is 5.95. The predicted molar refractivity (Wildman–Crippen MR) is 259 cm³/mol. The maximum Gasteiger partial charge on any atom is 0.329 e. The van der Waals surface area contributed by atoms with E-state index >= 15 is 4.39 Å². The summed E-state index contributed by atoms with van der Waals surface area (Å²) < 4.78 is 27.2. The van der Waals surface area contributed by atoms with Gasteiger partial charge in [0.2, 0.25) is 23.6 Å². The van der Waals surface area contributed by atoms with Crippen LogP contribution < -0.4 is 37.0 Å². The molecule has 0 spiro atoms. The molecule has 0 bridgehead atoms. The highest BCUT2D eigenvalue weighted by Crippen LogP contribution is 2.42. The van der Waals surface area contributed by atoms with Gasteiger partial charge >= 0.3 is 5.69 Å². The molecule has 4 N–H and O–H groups in total. The molecule has 5 aromatic rings. The third-order valence-electron chi connectivity index (χ3n) is 14.9. The van der Waals surface area contributed by atoms with Crippen molar-refractivity contribution in [1.82, 2.24) is 30.1 Å². The van der Waals surface area contributed by atoms with Crippen LogP contribution in [-0.2, 0) is 37.5 Å². The number of nitrogens with one attached hydrogen (secondary N) is 4. The molecule has 4 aromatic carbocycles. The molecule has 2 unspecified atom stereocenters. The molecule has 5 aliphatic rings. The number of halogens is 1. The third-order valence-corrected chi connectivity index (χ3v) is 14.9. The molecule has 1 saturated carbocycles. The Morgan fingerprint density at radius 3 is 2.32 bits per heavy atom. The minimum atomic E-state index is -1.04. The lowest BCUT2D eigenvalue weighted by atomic mass is 9.82. The standard InChI is InChI=1S/C52H58FN9O7/c1-54-49(65)31-7-4-8-33(27-31)55-51(67)47-45-40(59(3)57-47)19-18-39(46(45)53)37-17-14-34(61-24-6-11-44(61)64)28-32(37)29-60-25-22-36(23-26-60)69-35-15-12-30(13-16-35)38-9-5-10-41-48(38)58(2)52(68)62(41)42-20-21-43(63)56-50(42)66/h4-5,7-10,14,17-19,27-28,30,35-36,42,47,57H,6,11-13,15-16,20-26,29H2,1-3H3,(H,54,65)(H,55,67)(H,56,63,66). The summed E-state index contributed by atoms with van der Waals surface area (Å²) in [5.74, 6) is -1.73. The quantitative estimate of drug-likeness (QED) is 0.116. The van der Waals surface area contributed by atoms with Crippen molar-refractivity contribution in [3.63, 3.8) is 0 Å². The minimum Gasteiger partial charge on any atom is -0.375 e. The summed E-state index contributed by atoms with van der Waals surface area (Å²) in [7, 11) is 5.03. The second-order valence-corrected chi connectivity index (χ2v) is 19.1. The van der Waals surface area contributed by atoms with E-state index in [1.54, 1.807) is 63.5 Å². The monoisotopic (exact) mass is 939 g/mol. The average Bonchev–Trinajstić information content (AvgIpc) is 4.02. The van der Waals surface area contributed by atoms with Gasteiger partial charge in [0.25, 0.3) is 5.91 Å². The Bertz CT molecular complexity index is 2930. The Balaban J connectivity index is 0.817. The zero-order valence-corrected chi connectivity index (χ0v) is 39.2. The van der Waals surface area contributed by atoms with Crippen LogP contribution in [0.5, 0.6) is 0 Å². The fourth-order valence-electron chi connectivity index (χ4n) is 11.3. The summed E-state index contributed by atoms with van der Waals surface area (Å²) in [6, 6.07) is 20.1. The molecule has 4 fully saturated rings. The van der Waals surface area contributed by atoms with Crippen LogP contribution in [0.1, 0.15) is 109 Å². The Morgan fingerprint density at radius 1 is 0.826 bits per heavy atom. The maximum absolute atomic E-state index is 17.2. The number of piperidine rings is 2. The Hall–Kier alpha value is -6.69. The van der Waals surface area contributed by atoms with Crippen molar-refractivity contribution in [2.24, 2.45) is 7.05 Å². The van der Waals surface area contributed by atoms with Crippen LogP contribution >= 0.6 is 0 Å². The number of benzene rings is 4. The number of hydrazine groups is 1. The van der Waals surface area contributed by atoms with Crippen molar-refractivity contribution in [3.05, 3.63) is 111 Å². The summed E-state index contributed by atoms with van der Waals surface area (Å²) in [6.45, 7) is 2.71. The molecule has 1 aromatic heterocycles. The van der Waals surface area contributed by atoms with E-state index in [9.17, 15) is 28.8 Å². The number of likely N-dealkylation sites (tertiary alicyclic amines) is 1. The number of amides is 5. The van der Waals surface area contributed by atoms with Crippen LogP contribution in [0.15, 0.2) is 77.6 Å². The first-order chi connectivity index (χ1) is 33.4. The smallest absolute Gasteiger partial charge is 0.329 e. The van der Waals surface area contributed by atoms with Gasteiger partial charge < -0.3 is 25.3 Å². The van der Waals surface area contributed by atoms with E-state index in [1.165, 1.54) is 7.05 Å². The fraction of sp³-hybridized carbons (Fsp3) is 0.423. The van der Waals surface area contributed by atoms with Crippen LogP contribution in [0.25, 0.3) is 22.2 Å². The number of carbonyl (C=O) groups is 5. The number of anilines is 3. The molecule has 5 heterocycles. The van der Waals surface area contributed by atoms with Gasteiger partial charge in [-0.05, 0) is 123 Å². The maximum atomic E-state index is 17.2. The largest absolute Gasteiger partial charge is 0.375 e. The summed E-state index contributed by atoms with van der Waals surface area (Å²) >= 11 is 0. The van der Waals surface area contributed by atoms with E-state index in [1.807, 2.05) is 36.4 Å². The summed E-state index contributed by atoms with van der Waals surface area (Å²) in [6.07, 6.45) is 7.22. The molecule has 2 atom stereocenters. The number of fused-ring (bicyclic) bond motifs is 2. The van der Waals surface area contributed by atoms with Gasteiger partial charge in [-0.3, -0.25) is 43.3 Å². The molecular weight excluding hydrogens is 882 g/mol. The van der Waals surface area contributed by atoms with Gasteiger partial charge in [0.05, 0.1) is 28.9 Å². The SMILES string of the molecule is CNC(=O)c1cccc(NC(=O)C2NN(C)c3ccc(-c4ccc(N5CCCC5=O)cc4CN4CCC(OC5CCC(c6cccc7c6n(C)c(=O)n7C6CCC(=O)NC6=O)CC5)CC4)c(F)c32)c1. The highest BCUT2D eigenvalue weighted by Gasteiger charge is 2.38. The molecule has 17 heteroatoms. The summed E-state index contributed by atoms with van der Waals surface area (Å²) in [5.41, 5.74) is 9.77. The summed E-state index contributed by atoms with van der Waals surface area (Å²) in [5, 5.41) is 9.48. The van der Waals surface area contributed by atoms with E-state index in [0.717, 1.165) is 80.4 Å². The highest BCUT2D eigenvalue weighted by atomic mass is 19.1. The van der Waals surface area contributed by atoms with E-state index in [2.05, 4.69) is 32.3 Å². The number of hydrogen-bond acceptors (Lipinski definition) is 10. The van der Waals surface area contributed by atoms with Crippen molar-refractivity contribution in [2.75, 3.05) is 49.0 Å². The highest BCUT2D eigenvalue weighted by molar-refractivity contribution is 6.01. The number of aryl methyl sites for hydroxylation is 1. The van der Waals surface area contributed by atoms with E-state index in [-0.39, 0.29) is 53.5 Å². The number of carbonyl (C=O) groups excluding carboxylic acids is 5.